The highest BCUT2D eigenvalue weighted by atomic mass is 19.4. The Balaban J connectivity index is 1.54. The number of hydrogen-bond acceptors (Lipinski definition) is 5. The molecule has 2 aromatic heterocycles. The van der Waals surface area contributed by atoms with Crippen LogP contribution in [0.5, 0.6) is 0 Å². The van der Waals surface area contributed by atoms with Crippen LogP contribution in [-0.4, -0.2) is 46.5 Å². The summed E-state index contributed by atoms with van der Waals surface area (Å²) in [6.07, 6.45) is 0.977. The Morgan fingerprint density at radius 2 is 2.09 bits per heavy atom. The second kappa shape index (κ2) is 8.09. The lowest BCUT2D eigenvalue weighted by atomic mass is 10.1. The molecule has 0 radical (unpaired) electrons. The van der Waals surface area contributed by atoms with Crippen molar-refractivity contribution in [1.29, 1.82) is 0 Å². The molecule has 168 valence electrons. The molecular weight excluding hydrogens is 421 g/mol. The second-order valence-corrected chi connectivity index (χ2v) is 8.22. The van der Waals surface area contributed by atoms with Gasteiger partial charge in [0.15, 0.2) is 0 Å². The number of rotatable bonds is 4. The van der Waals surface area contributed by atoms with Gasteiger partial charge in [0.1, 0.15) is 5.56 Å². The van der Waals surface area contributed by atoms with Crippen molar-refractivity contribution in [3.8, 4) is 11.3 Å². The summed E-state index contributed by atoms with van der Waals surface area (Å²) in [5, 5.41) is 7.02. The van der Waals surface area contributed by atoms with E-state index in [1.165, 1.54) is 6.20 Å². The predicted octanol–water partition coefficient (Wildman–Crippen LogP) is 3.93. The van der Waals surface area contributed by atoms with Crippen LogP contribution in [0.15, 0.2) is 30.6 Å². The molecule has 2 fully saturated rings. The van der Waals surface area contributed by atoms with E-state index < -0.39 is 11.7 Å². The molecule has 0 spiro atoms. The average molecular weight is 444 g/mol. The summed E-state index contributed by atoms with van der Waals surface area (Å²) in [7, 11) is 0. The molecule has 5 rings (SSSR count). The maximum absolute atomic E-state index is 13.8. The Morgan fingerprint density at radius 1 is 1.22 bits per heavy atom. The molecular formula is C22H23F3N6O. The number of amides is 1. The number of nitrogens with zero attached hydrogens (tertiary/aromatic N) is 3. The number of nitrogens with one attached hydrogen (secondary N) is 3. The van der Waals surface area contributed by atoms with E-state index in [4.69, 9.17) is 0 Å². The lowest BCUT2D eigenvalue weighted by molar-refractivity contribution is -0.137. The molecule has 0 unspecified atom stereocenters. The molecule has 0 aliphatic carbocycles. The summed E-state index contributed by atoms with van der Waals surface area (Å²) in [6, 6.07) is 5.37. The van der Waals surface area contributed by atoms with E-state index in [0.717, 1.165) is 37.7 Å². The van der Waals surface area contributed by atoms with Crippen molar-refractivity contribution in [1.82, 2.24) is 20.3 Å². The van der Waals surface area contributed by atoms with Crippen LogP contribution in [0.1, 0.15) is 31.2 Å². The SMILES string of the molecule is O=C1CCCN1c1ccc2c(-c3nc(N[C@H]4CCCNC4)ncc3C(F)(F)F)c[nH]c2c1. The highest BCUT2D eigenvalue weighted by Crippen LogP contribution is 2.39. The number of hydrogen-bond donors (Lipinski definition) is 3. The smallest absolute Gasteiger partial charge is 0.360 e. The number of halogens is 3. The third-order valence-electron chi connectivity index (χ3n) is 6.03. The predicted molar refractivity (Wildman–Crippen MR) is 115 cm³/mol. The minimum absolute atomic E-state index is 0.0548. The number of aromatic nitrogens is 3. The fraction of sp³-hybridized carbons (Fsp3) is 0.409. The molecule has 7 nitrogen and oxygen atoms in total. The first kappa shape index (κ1) is 20.7. The van der Waals surface area contributed by atoms with Gasteiger partial charge in [0.05, 0.1) is 5.69 Å². The van der Waals surface area contributed by atoms with Crippen LogP contribution in [0.4, 0.5) is 24.8 Å². The van der Waals surface area contributed by atoms with Gasteiger partial charge >= 0.3 is 6.18 Å². The van der Waals surface area contributed by atoms with Gasteiger partial charge in [-0.3, -0.25) is 4.79 Å². The topological polar surface area (TPSA) is 85.9 Å². The number of anilines is 2. The van der Waals surface area contributed by atoms with Gasteiger partial charge in [-0.05, 0) is 37.9 Å². The van der Waals surface area contributed by atoms with E-state index in [1.54, 1.807) is 23.1 Å². The number of fused-ring (bicyclic) bond motifs is 1. The summed E-state index contributed by atoms with van der Waals surface area (Å²) in [5.74, 6) is 0.231. The molecule has 1 aromatic carbocycles. The molecule has 32 heavy (non-hydrogen) atoms. The molecule has 2 saturated heterocycles. The average Bonchev–Trinajstić information content (AvgIpc) is 3.39. The number of aromatic amines is 1. The van der Waals surface area contributed by atoms with Crippen LogP contribution >= 0.6 is 0 Å². The van der Waals surface area contributed by atoms with Crippen LogP contribution < -0.4 is 15.5 Å². The largest absolute Gasteiger partial charge is 0.419 e. The molecule has 1 atom stereocenters. The Hall–Kier alpha value is -3.14. The van der Waals surface area contributed by atoms with Crippen LogP contribution in [0.25, 0.3) is 22.2 Å². The molecule has 0 bridgehead atoms. The number of benzene rings is 1. The standard InChI is InChI=1S/C22H23F3N6O/c23-22(24,25)17-12-28-21(29-13-3-1-7-26-10-13)30-20(17)16-11-27-18-9-14(5-6-15(16)18)31-8-2-4-19(31)32/h5-6,9,11-13,26-27H,1-4,7-8,10H2,(H,28,29,30)/t13-/m0/s1. The van der Waals surface area contributed by atoms with Crippen molar-refractivity contribution in [2.45, 2.75) is 37.9 Å². The van der Waals surface area contributed by atoms with Gasteiger partial charge in [0, 0.05) is 60.1 Å². The first-order chi connectivity index (χ1) is 15.4. The van der Waals surface area contributed by atoms with E-state index in [1.807, 2.05) is 0 Å². The number of alkyl halides is 3. The van der Waals surface area contributed by atoms with E-state index in [2.05, 4.69) is 25.6 Å². The second-order valence-electron chi connectivity index (χ2n) is 8.22. The zero-order chi connectivity index (χ0) is 22.3. The number of carbonyl (C=O) groups is 1. The Bertz CT molecular complexity index is 1150. The van der Waals surface area contributed by atoms with Gasteiger partial charge in [0.2, 0.25) is 11.9 Å². The molecule has 3 N–H and O–H groups in total. The first-order valence-electron chi connectivity index (χ1n) is 10.7. The third-order valence-corrected chi connectivity index (χ3v) is 6.03. The summed E-state index contributed by atoms with van der Waals surface area (Å²) in [4.78, 5) is 25.0. The van der Waals surface area contributed by atoms with Gasteiger partial charge in [-0.1, -0.05) is 6.07 Å². The highest BCUT2D eigenvalue weighted by molar-refractivity contribution is 6.01. The van der Waals surface area contributed by atoms with Crippen LogP contribution in [0.3, 0.4) is 0 Å². The van der Waals surface area contributed by atoms with Crippen molar-refractivity contribution in [2.75, 3.05) is 29.9 Å². The number of H-pyrrole nitrogens is 1. The highest BCUT2D eigenvalue weighted by Gasteiger charge is 2.36. The summed E-state index contributed by atoms with van der Waals surface area (Å²) < 4.78 is 41.3. The minimum atomic E-state index is -4.59. The zero-order valence-electron chi connectivity index (χ0n) is 17.3. The van der Waals surface area contributed by atoms with E-state index in [0.29, 0.717) is 36.0 Å². The van der Waals surface area contributed by atoms with Gasteiger partial charge in [0.25, 0.3) is 0 Å². The molecule has 0 saturated carbocycles. The fourth-order valence-electron chi connectivity index (χ4n) is 4.42. The molecule has 10 heteroatoms. The monoisotopic (exact) mass is 444 g/mol. The lowest BCUT2D eigenvalue weighted by Gasteiger charge is -2.24. The van der Waals surface area contributed by atoms with Crippen molar-refractivity contribution in [3.63, 3.8) is 0 Å². The summed E-state index contributed by atoms with van der Waals surface area (Å²) in [6.45, 7) is 2.29. The maximum atomic E-state index is 13.8. The quantitative estimate of drug-likeness (QED) is 0.568. The maximum Gasteiger partial charge on any atom is 0.419 e. The van der Waals surface area contributed by atoms with E-state index >= 15 is 0 Å². The summed E-state index contributed by atoms with van der Waals surface area (Å²) in [5.41, 5.74) is 0.674. The normalized spacial score (nSPS) is 19.7. The van der Waals surface area contributed by atoms with Crippen LogP contribution in [0.2, 0.25) is 0 Å². The lowest BCUT2D eigenvalue weighted by Crippen LogP contribution is -2.38. The molecule has 2 aliphatic rings. The van der Waals surface area contributed by atoms with Crippen molar-refractivity contribution in [3.05, 3.63) is 36.2 Å². The fourth-order valence-corrected chi connectivity index (χ4v) is 4.42. The third kappa shape index (κ3) is 3.90. The van der Waals surface area contributed by atoms with Gasteiger partial charge < -0.3 is 20.5 Å². The van der Waals surface area contributed by atoms with Crippen molar-refractivity contribution < 1.29 is 18.0 Å². The molecule has 2 aliphatic heterocycles. The Labute approximate surface area is 182 Å². The van der Waals surface area contributed by atoms with Crippen LogP contribution in [0, 0.1) is 0 Å². The Kier molecular flexibility index (Phi) is 5.24. The van der Waals surface area contributed by atoms with Crippen molar-refractivity contribution >= 4 is 28.4 Å². The van der Waals surface area contributed by atoms with Crippen molar-refractivity contribution in [2.24, 2.45) is 0 Å². The van der Waals surface area contributed by atoms with Gasteiger partial charge in [-0.15, -0.1) is 0 Å². The first-order valence-corrected chi connectivity index (χ1v) is 10.7. The van der Waals surface area contributed by atoms with Gasteiger partial charge in [-0.25, -0.2) is 9.97 Å². The minimum Gasteiger partial charge on any atom is -0.360 e. The van der Waals surface area contributed by atoms with E-state index in [9.17, 15) is 18.0 Å². The molecule has 3 aromatic rings. The van der Waals surface area contributed by atoms with E-state index in [-0.39, 0.29) is 23.6 Å². The summed E-state index contributed by atoms with van der Waals surface area (Å²) >= 11 is 0. The Morgan fingerprint density at radius 3 is 2.81 bits per heavy atom. The zero-order valence-corrected chi connectivity index (χ0v) is 17.3. The van der Waals surface area contributed by atoms with Gasteiger partial charge in [-0.2, -0.15) is 13.2 Å². The number of piperidine rings is 1. The number of carbonyl (C=O) groups excluding carboxylic acids is 1. The van der Waals surface area contributed by atoms with Crippen LogP contribution in [-0.2, 0) is 11.0 Å². The molecule has 1 amide bonds. The molecule has 4 heterocycles.